The lowest BCUT2D eigenvalue weighted by Gasteiger charge is -2.29. The highest BCUT2D eigenvalue weighted by atomic mass is 32.1. The highest BCUT2D eigenvalue weighted by molar-refractivity contribution is 7.81. The summed E-state index contributed by atoms with van der Waals surface area (Å²) in [7, 11) is 0. The maximum absolute atomic E-state index is 12.4. The molecule has 3 aromatic rings. The second-order valence-corrected chi connectivity index (χ2v) is 12.3. The molecule has 6 heteroatoms. The van der Waals surface area contributed by atoms with Crippen molar-refractivity contribution in [2.24, 2.45) is 0 Å². The van der Waals surface area contributed by atoms with Gasteiger partial charge >= 0.3 is 6.09 Å². The number of aryl methyl sites for hydroxylation is 2. The van der Waals surface area contributed by atoms with E-state index in [-0.39, 0.29) is 10.8 Å². The number of hydrogen-bond acceptors (Lipinski definition) is 4. The van der Waals surface area contributed by atoms with E-state index >= 15 is 0 Å². The number of benzene rings is 1. The summed E-state index contributed by atoms with van der Waals surface area (Å²) < 4.78 is 5.37. The summed E-state index contributed by atoms with van der Waals surface area (Å²) in [5.74, 6) is 0. The highest BCUT2D eigenvalue weighted by Gasteiger charge is 2.27. The Hall–Kier alpha value is -1.92. The number of aromatic nitrogens is 1. The number of rotatable bonds is 4. The van der Waals surface area contributed by atoms with Crippen LogP contribution in [-0.2, 0) is 35.3 Å². The molecule has 1 aliphatic rings. The lowest BCUT2D eigenvalue weighted by molar-refractivity contribution is 0.0225. The lowest BCUT2D eigenvalue weighted by Crippen LogP contribution is -2.39. The van der Waals surface area contributed by atoms with Crippen LogP contribution in [0.4, 0.5) is 4.79 Å². The molecule has 4 nitrogen and oxygen atoms in total. The average Bonchev–Trinajstić information content (AvgIpc) is 3.27. The standard InChI is InChI=1S/C25H32N2O2S2/c1-24(2,3)29-23(28)27-11-10-21-18(15-27)13-19(31-21)9-7-16-6-8-17-14-22(25(4,5)30)26-20(17)12-16/h6,8,12-14,26,30H,7,9-11,15H2,1-5H3. The number of carbonyl (C=O) groups is 1. The molecule has 1 amide bonds. The first kappa shape index (κ1) is 22.3. The van der Waals surface area contributed by atoms with Gasteiger partial charge in [-0.1, -0.05) is 12.1 Å². The van der Waals surface area contributed by atoms with Gasteiger partial charge in [0, 0.05) is 32.3 Å². The molecule has 3 heterocycles. The predicted molar refractivity (Wildman–Crippen MR) is 132 cm³/mol. The van der Waals surface area contributed by atoms with Crippen LogP contribution in [0, 0.1) is 0 Å². The molecule has 0 bridgehead atoms. The molecule has 31 heavy (non-hydrogen) atoms. The Morgan fingerprint density at radius 2 is 1.94 bits per heavy atom. The Morgan fingerprint density at radius 1 is 1.16 bits per heavy atom. The van der Waals surface area contributed by atoms with Crippen molar-refractivity contribution in [3.8, 4) is 0 Å². The monoisotopic (exact) mass is 456 g/mol. The topological polar surface area (TPSA) is 45.3 Å². The van der Waals surface area contributed by atoms with E-state index < -0.39 is 5.60 Å². The molecule has 0 fully saturated rings. The van der Waals surface area contributed by atoms with Crippen LogP contribution in [-0.4, -0.2) is 28.1 Å². The van der Waals surface area contributed by atoms with Crippen molar-refractivity contribution in [3.05, 3.63) is 56.9 Å². The van der Waals surface area contributed by atoms with E-state index in [0.29, 0.717) is 6.54 Å². The first-order chi connectivity index (χ1) is 14.5. The van der Waals surface area contributed by atoms with Crippen molar-refractivity contribution in [1.29, 1.82) is 0 Å². The molecule has 0 spiro atoms. The molecule has 0 saturated carbocycles. The average molecular weight is 457 g/mol. The van der Waals surface area contributed by atoms with Crippen LogP contribution >= 0.6 is 24.0 Å². The summed E-state index contributed by atoms with van der Waals surface area (Å²) in [4.78, 5) is 20.6. The molecule has 0 unspecified atom stereocenters. The van der Waals surface area contributed by atoms with E-state index in [1.165, 1.54) is 31.8 Å². The zero-order valence-corrected chi connectivity index (χ0v) is 20.8. The molecule has 0 radical (unpaired) electrons. The maximum Gasteiger partial charge on any atom is 0.410 e. The molecule has 2 aromatic heterocycles. The SMILES string of the molecule is CC(C)(C)OC(=O)N1CCc2sc(CCc3ccc4cc(C(C)(C)S)[nH]c4c3)cc2C1. The summed E-state index contributed by atoms with van der Waals surface area (Å²) in [6, 6.07) is 11.2. The minimum atomic E-state index is -0.458. The van der Waals surface area contributed by atoms with E-state index in [4.69, 9.17) is 4.74 Å². The van der Waals surface area contributed by atoms with Gasteiger partial charge in [0.05, 0.1) is 6.54 Å². The summed E-state index contributed by atoms with van der Waals surface area (Å²) in [5, 5.41) is 1.23. The van der Waals surface area contributed by atoms with Gasteiger partial charge in [0.15, 0.2) is 0 Å². The number of aromatic amines is 1. The lowest BCUT2D eigenvalue weighted by atomic mass is 10.1. The molecule has 0 aliphatic carbocycles. The quantitative estimate of drug-likeness (QED) is 0.442. The van der Waals surface area contributed by atoms with Gasteiger partial charge in [-0.05, 0) is 88.6 Å². The first-order valence-electron chi connectivity index (χ1n) is 10.9. The first-order valence-corrected chi connectivity index (χ1v) is 12.2. The van der Waals surface area contributed by atoms with Crippen molar-refractivity contribution in [3.63, 3.8) is 0 Å². The number of ether oxygens (including phenoxy) is 1. The van der Waals surface area contributed by atoms with Gasteiger partial charge in [0.2, 0.25) is 0 Å². The Balaban J connectivity index is 1.41. The third kappa shape index (κ3) is 5.29. The number of H-pyrrole nitrogens is 1. The molecular weight excluding hydrogens is 424 g/mol. The van der Waals surface area contributed by atoms with Gasteiger partial charge in [-0.2, -0.15) is 12.6 Å². The fourth-order valence-corrected chi connectivity index (χ4v) is 5.22. The Bertz CT molecular complexity index is 1100. The van der Waals surface area contributed by atoms with Crippen molar-refractivity contribution in [2.45, 2.75) is 70.8 Å². The van der Waals surface area contributed by atoms with E-state index in [9.17, 15) is 4.79 Å². The third-order valence-electron chi connectivity index (χ3n) is 5.58. The highest BCUT2D eigenvalue weighted by Crippen LogP contribution is 2.31. The number of amides is 1. The predicted octanol–water partition coefficient (Wildman–Crippen LogP) is 6.47. The number of thiol groups is 1. The van der Waals surface area contributed by atoms with Gasteiger partial charge < -0.3 is 14.6 Å². The van der Waals surface area contributed by atoms with Crippen molar-refractivity contribution >= 4 is 41.0 Å². The zero-order chi connectivity index (χ0) is 22.4. The van der Waals surface area contributed by atoms with Crippen LogP contribution in [0.15, 0.2) is 30.3 Å². The smallest absolute Gasteiger partial charge is 0.410 e. The second-order valence-electron chi connectivity index (χ2n) is 9.98. The maximum atomic E-state index is 12.4. The number of nitrogens with zero attached hydrogens (tertiary/aromatic N) is 1. The molecular formula is C25H32N2O2S2. The van der Waals surface area contributed by atoms with E-state index in [0.717, 1.165) is 31.5 Å². The molecule has 4 rings (SSSR count). The Morgan fingerprint density at radius 3 is 2.65 bits per heavy atom. The molecule has 0 atom stereocenters. The number of carbonyl (C=O) groups excluding carboxylic acids is 1. The van der Waals surface area contributed by atoms with E-state index in [1.807, 2.05) is 37.0 Å². The number of nitrogens with one attached hydrogen (secondary N) is 1. The van der Waals surface area contributed by atoms with Crippen LogP contribution in [0.3, 0.4) is 0 Å². The van der Waals surface area contributed by atoms with Crippen LogP contribution in [0.1, 0.15) is 61.2 Å². The number of fused-ring (bicyclic) bond motifs is 2. The number of thiophene rings is 1. The van der Waals surface area contributed by atoms with E-state index in [2.05, 4.69) is 61.8 Å². The van der Waals surface area contributed by atoms with Crippen molar-refractivity contribution < 1.29 is 9.53 Å². The molecule has 1 aromatic carbocycles. The van der Waals surface area contributed by atoms with Gasteiger partial charge in [-0.3, -0.25) is 0 Å². The Labute approximate surface area is 194 Å². The summed E-state index contributed by atoms with van der Waals surface area (Å²) in [5.41, 5.74) is 4.47. The fraction of sp³-hybridized carbons (Fsp3) is 0.480. The van der Waals surface area contributed by atoms with Crippen LogP contribution in [0.5, 0.6) is 0 Å². The number of hydrogen-bond donors (Lipinski definition) is 2. The van der Waals surface area contributed by atoms with Gasteiger partial charge in [0.25, 0.3) is 0 Å². The molecule has 0 saturated heterocycles. The largest absolute Gasteiger partial charge is 0.444 e. The summed E-state index contributed by atoms with van der Waals surface area (Å²) >= 11 is 6.58. The van der Waals surface area contributed by atoms with Crippen LogP contribution in [0.2, 0.25) is 0 Å². The second kappa shape index (κ2) is 8.21. The summed E-state index contributed by atoms with van der Waals surface area (Å²) in [6.07, 6.45) is 2.72. The normalized spacial score (nSPS) is 14.7. The van der Waals surface area contributed by atoms with Crippen LogP contribution in [0.25, 0.3) is 10.9 Å². The van der Waals surface area contributed by atoms with Gasteiger partial charge in [0.1, 0.15) is 5.60 Å². The minimum Gasteiger partial charge on any atom is -0.444 e. The van der Waals surface area contributed by atoms with Gasteiger partial charge in [-0.15, -0.1) is 11.3 Å². The Kier molecular flexibility index (Phi) is 5.90. The van der Waals surface area contributed by atoms with Crippen molar-refractivity contribution in [2.75, 3.05) is 6.54 Å². The summed E-state index contributed by atoms with van der Waals surface area (Å²) in [6.45, 7) is 11.3. The molecule has 1 N–H and O–H groups in total. The third-order valence-corrected chi connectivity index (χ3v) is 7.11. The minimum absolute atomic E-state index is 0.178. The molecule has 1 aliphatic heterocycles. The van der Waals surface area contributed by atoms with Crippen molar-refractivity contribution in [1.82, 2.24) is 9.88 Å². The van der Waals surface area contributed by atoms with Crippen LogP contribution < -0.4 is 0 Å². The van der Waals surface area contributed by atoms with E-state index in [1.54, 1.807) is 0 Å². The zero-order valence-electron chi connectivity index (χ0n) is 19.0. The van der Waals surface area contributed by atoms with Gasteiger partial charge in [-0.25, -0.2) is 4.79 Å². The molecule has 166 valence electrons. The fourth-order valence-electron chi connectivity index (χ4n) is 3.93.